The summed E-state index contributed by atoms with van der Waals surface area (Å²) in [5, 5.41) is 10.3. The topological polar surface area (TPSA) is 55.8 Å². The highest BCUT2D eigenvalue weighted by molar-refractivity contribution is 5.98. The first-order chi connectivity index (χ1) is 12.6. The Labute approximate surface area is 151 Å². The van der Waals surface area contributed by atoms with Crippen molar-refractivity contribution in [3.8, 4) is 11.5 Å². The molecule has 0 atom stereocenters. The smallest absolute Gasteiger partial charge is 0.342 e. The van der Waals surface area contributed by atoms with E-state index in [4.69, 9.17) is 9.47 Å². The summed E-state index contributed by atoms with van der Waals surface area (Å²) in [7, 11) is 1.26. The molecule has 1 aliphatic carbocycles. The molecule has 0 aromatic heterocycles. The zero-order valence-corrected chi connectivity index (χ0v) is 14.6. The highest BCUT2D eigenvalue weighted by Crippen LogP contribution is 2.32. The van der Waals surface area contributed by atoms with Gasteiger partial charge in [-0.15, -0.1) is 0 Å². The van der Waals surface area contributed by atoms with Crippen molar-refractivity contribution in [2.24, 2.45) is 0 Å². The fourth-order valence-electron chi connectivity index (χ4n) is 3.10. The molecule has 0 unspecified atom stereocenters. The monoisotopic (exact) mass is 356 g/mol. The number of hydrogen-bond donors (Lipinski definition) is 1. The lowest BCUT2D eigenvalue weighted by molar-refractivity contribution is 0.0597. The van der Waals surface area contributed by atoms with E-state index < -0.39 is 5.97 Å². The number of phenolic OH excluding ortho intramolecular Hbond substituents is 1. The third kappa shape index (κ3) is 4.23. The Morgan fingerprint density at radius 3 is 2.50 bits per heavy atom. The fraction of sp³-hybridized carbons (Fsp3) is 0.286. The lowest BCUT2D eigenvalue weighted by Crippen LogP contribution is -2.12. The standard InChI is InChI=1S/C21H21FO4/c1-25-21(24)20-15(9-6-14-7-10-16(22)11-8-14)12-18(13-19(20)23)26-17-4-2-3-5-17/h6-13,17,23H,2-5H2,1H3. The van der Waals surface area contributed by atoms with Gasteiger partial charge in [0.25, 0.3) is 0 Å². The number of phenols is 1. The van der Waals surface area contributed by atoms with Gasteiger partial charge in [-0.3, -0.25) is 0 Å². The molecule has 1 saturated carbocycles. The molecule has 4 nitrogen and oxygen atoms in total. The maximum atomic E-state index is 13.0. The molecule has 0 aliphatic heterocycles. The number of carbonyl (C=O) groups excluding carboxylic acids is 1. The Morgan fingerprint density at radius 2 is 1.85 bits per heavy atom. The minimum absolute atomic E-state index is 0.0737. The molecule has 0 radical (unpaired) electrons. The number of benzene rings is 2. The quantitative estimate of drug-likeness (QED) is 0.617. The fourth-order valence-corrected chi connectivity index (χ4v) is 3.10. The van der Waals surface area contributed by atoms with Crippen molar-refractivity contribution in [3.05, 3.63) is 58.9 Å². The predicted molar refractivity (Wildman–Crippen MR) is 97.7 cm³/mol. The van der Waals surface area contributed by atoms with Gasteiger partial charge >= 0.3 is 5.97 Å². The van der Waals surface area contributed by atoms with E-state index in [0.29, 0.717) is 11.3 Å². The number of esters is 1. The first kappa shape index (κ1) is 18.0. The molecule has 136 valence electrons. The number of hydrogen-bond acceptors (Lipinski definition) is 4. The Kier molecular flexibility index (Phi) is 5.56. The second kappa shape index (κ2) is 8.04. The van der Waals surface area contributed by atoms with Gasteiger partial charge in [-0.2, -0.15) is 0 Å². The van der Waals surface area contributed by atoms with E-state index in [1.54, 1.807) is 30.4 Å². The van der Waals surface area contributed by atoms with E-state index in [0.717, 1.165) is 31.2 Å². The van der Waals surface area contributed by atoms with Crippen molar-refractivity contribution in [2.75, 3.05) is 7.11 Å². The van der Waals surface area contributed by atoms with E-state index in [-0.39, 0.29) is 23.2 Å². The van der Waals surface area contributed by atoms with Crippen LogP contribution in [0.15, 0.2) is 36.4 Å². The lowest BCUT2D eigenvalue weighted by Gasteiger charge is -2.15. The molecular weight excluding hydrogens is 335 g/mol. The average Bonchev–Trinajstić information content (AvgIpc) is 3.13. The average molecular weight is 356 g/mol. The molecule has 3 rings (SSSR count). The van der Waals surface area contributed by atoms with Crippen molar-refractivity contribution in [3.63, 3.8) is 0 Å². The molecule has 1 N–H and O–H groups in total. The number of halogens is 1. The van der Waals surface area contributed by atoms with Gasteiger partial charge in [0.05, 0.1) is 13.2 Å². The van der Waals surface area contributed by atoms with Gasteiger partial charge < -0.3 is 14.6 Å². The first-order valence-corrected chi connectivity index (χ1v) is 8.62. The SMILES string of the molecule is COC(=O)c1c(O)cc(OC2CCCC2)cc1C=Cc1ccc(F)cc1. The Morgan fingerprint density at radius 1 is 1.15 bits per heavy atom. The van der Waals surface area contributed by atoms with Crippen molar-refractivity contribution < 1.29 is 23.8 Å². The minimum Gasteiger partial charge on any atom is -0.507 e. The molecule has 5 heteroatoms. The normalized spacial score (nSPS) is 14.7. The summed E-state index contributed by atoms with van der Waals surface area (Å²) >= 11 is 0. The van der Waals surface area contributed by atoms with Crippen LogP contribution in [0.1, 0.15) is 47.2 Å². The molecule has 26 heavy (non-hydrogen) atoms. The van der Waals surface area contributed by atoms with Gasteiger partial charge in [0, 0.05) is 6.07 Å². The third-order valence-electron chi connectivity index (χ3n) is 4.44. The maximum absolute atomic E-state index is 13.0. The van der Waals surface area contributed by atoms with Crippen molar-refractivity contribution in [1.29, 1.82) is 0 Å². The van der Waals surface area contributed by atoms with E-state index in [2.05, 4.69) is 0 Å². The zero-order valence-electron chi connectivity index (χ0n) is 14.6. The zero-order chi connectivity index (χ0) is 18.5. The van der Waals surface area contributed by atoms with Crippen molar-refractivity contribution >= 4 is 18.1 Å². The first-order valence-electron chi connectivity index (χ1n) is 8.62. The second-order valence-corrected chi connectivity index (χ2v) is 6.31. The summed E-state index contributed by atoms with van der Waals surface area (Å²) in [6.07, 6.45) is 7.79. The van der Waals surface area contributed by atoms with Gasteiger partial charge in [-0.25, -0.2) is 9.18 Å². The van der Waals surface area contributed by atoms with Gasteiger partial charge in [-0.05, 0) is 55.0 Å². The summed E-state index contributed by atoms with van der Waals surface area (Å²) < 4.78 is 23.7. The highest BCUT2D eigenvalue weighted by Gasteiger charge is 2.21. The van der Waals surface area contributed by atoms with E-state index in [9.17, 15) is 14.3 Å². The van der Waals surface area contributed by atoms with Crippen LogP contribution in [0.5, 0.6) is 11.5 Å². The van der Waals surface area contributed by atoms with Crippen LogP contribution in [-0.2, 0) is 4.74 Å². The minimum atomic E-state index is -0.631. The highest BCUT2D eigenvalue weighted by atomic mass is 19.1. The Balaban J connectivity index is 1.94. The predicted octanol–water partition coefficient (Wildman–Crippen LogP) is 4.81. The molecule has 0 bridgehead atoms. The largest absolute Gasteiger partial charge is 0.507 e. The van der Waals surface area contributed by atoms with Gasteiger partial charge in [0.1, 0.15) is 22.9 Å². The van der Waals surface area contributed by atoms with Crippen LogP contribution in [-0.4, -0.2) is 24.3 Å². The van der Waals surface area contributed by atoms with E-state index >= 15 is 0 Å². The Bertz CT molecular complexity index is 806. The molecule has 0 saturated heterocycles. The van der Waals surface area contributed by atoms with Crippen LogP contribution in [0.4, 0.5) is 4.39 Å². The number of carbonyl (C=O) groups is 1. The summed E-state index contributed by atoms with van der Waals surface area (Å²) in [6.45, 7) is 0. The van der Waals surface area contributed by atoms with Gasteiger partial charge in [0.15, 0.2) is 0 Å². The van der Waals surface area contributed by atoms with Gasteiger partial charge in [0.2, 0.25) is 0 Å². The molecule has 0 spiro atoms. The maximum Gasteiger partial charge on any atom is 0.342 e. The molecule has 2 aromatic rings. The third-order valence-corrected chi connectivity index (χ3v) is 4.44. The van der Waals surface area contributed by atoms with Crippen LogP contribution >= 0.6 is 0 Å². The second-order valence-electron chi connectivity index (χ2n) is 6.31. The van der Waals surface area contributed by atoms with E-state index in [1.165, 1.54) is 25.3 Å². The van der Waals surface area contributed by atoms with Gasteiger partial charge in [-0.1, -0.05) is 24.3 Å². The molecule has 1 aliphatic rings. The lowest BCUT2D eigenvalue weighted by atomic mass is 10.0. The van der Waals surface area contributed by atoms with Crippen LogP contribution in [0.2, 0.25) is 0 Å². The summed E-state index contributed by atoms with van der Waals surface area (Å²) in [5.74, 6) is -0.623. The number of aromatic hydroxyl groups is 1. The summed E-state index contributed by atoms with van der Waals surface area (Å²) in [5.41, 5.74) is 1.32. The number of methoxy groups -OCH3 is 1. The molecule has 0 heterocycles. The van der Waals surface area contributed by atoms with Crippen LogP contribution in [0.3, 0.4) is 0 Å². The van der Waals surface area contributed by atoms with Crippen LogP contribution in [0, 0.1) is 5.82 Å². The van der Waals surface area contributed by atoms with Crippen molar-refractivity contribution in [1.82, 2.24) is 0 Å². The van der Waals surface area contributed by atoms with Crippen LogP contribution in [0.25, 0.3) is 12.2 Å². The van der Waals surface area contributed by atoms with Crippen molar-refractivity contribution in [2.45, 2.75) is 31.8 Å². The Hall–Kier alpha value is -2.82. The number of ether oxygens (including phenoxy) is 2. The summed E-state index contributed by atoms with van der Waals surface area (Å²) in [6, 6.07) is 9.13. The molecule has 2 aromatic carbocycles. The number of rotatable bonds is 5. The molecule has 0 amide bonds. The van der Waals surface area contributed by atoms with E-state index in [1.807, 2.05) is 0 Å². The van der Waals surface area contributed by atoms with Crippen LogP contribution < -0.4 is 4.74 Å². The summed E-state index contributed by atoms with van der Waals surface area (Å²) in [4.78, 5) is 12.1. The molecule has 1 fully saturated rings. The molecular formula is C21H21FO4.